The highest BCUT2D eigenvalue weighted by Gasteiger charge is 2.44. The Morgan fingerprint density at radius 1 is 1.42 bits per heavy atom. The van der Waals surface area contributed by atoms with Gasteiger partial charge in [-0.3, -0.25) is 0 Å². The Bertz CT molecular complexity index is 179. The van der Waals surface area contributed by atoms with Gasteiger partial charge in [0.15, 0.2) is 0 Å². The molecule has 0 amide bonds. The van der Waals surface area contributed by atoms with E-state index in [4.69, 9.17) is 4.74 Å². The molecule has 70 valence electrons. The first-order chi connectivity index (χ1) is 5.37. The molecule has 0 aromatic rings. The summed E-state index contributed by atoms with van der Waals surface area (Å²) in [6.45, 7) is 12.5. The molecule has 1 unspecified atom stereocenters. The first-order valence-corrected chi connectivity index (χ1v) is 4.68. The molecule has 1 atom stereocenters. The average molecular weight is 168 g/mol. The van der Waals surface area contributed by atoms with Crippen molar-refractivity contribution in [2.75, 3.05) is 0 Å². The van der Waals surface area contributed by atoms with Crippen LogP contribution in [0.3, 0.4) is 0 Å². The summed E-state index contributed by atoms with van der Waals surface area (Å²) in [5, 5.41) is 0. The molecule has 1 saturated heterocycles. The van der Waals surface area contributed by atoms with Gasteiger partial charge in [-0.25, -0.2) is 0 Å². The average Bonchev–Trinajstić information content (AvgIpc) is 2.01. The van der Waals surface area contributed by atoms with E-state index in [2.05, 4.69) is 34.3 Å². The minimum absolute atomic E-state index is 0.0255. The quantitative estimate of drug-likeness (QED) is 0.575. The van der Waals surface area contributed by atoms with Crippen molar-refractivity contribution in [2.45, 2.75) is 51.7 Å². The Labute approximate surface area is 75.8 Å². The smallest absolute Gasteiger partial charge is 0.0665 e. The summed E-state index contributed by atoms with van der Waals surface area (Å²) in [6.07, 6.45) is 4.21. The van der Waals surface area contributed by atoms with Gasteiger partial charge < -0.3 is 4.74 Å². The second kappa shape index (κ2) is 2.88. The molecule has 0 aromatic carbocycles. The van der Waals surface area contributed by atoms with Crippen LogP contribution in [0.5, 0.6) is 0 Å². The fraction of sp³-hybridized carbons (Fsp3) is 0.818. The summed E-state index contributed by atoms with van der Waals surface area (Å²) < 4.78 is 5.95. The van der Waals surface area contributed by atoms with E-state index < -0.39 is 0 Å². The maximum atomic E-state index is 5.95. The Hall–Kier alpha value is -0.300. The molecular weight excluding hydrogens is 148 g/mol. The van der Waals surface area contributed by atoms with Crippen LogP contribution in [0.4, 0.5) is 0 Å². The lowest BCUT2D eigenvalue weighted by Crippen LogP contribution is -2.29. The molecule has 0 aromatic heterocycles. The highest BCUT2D eigenvalue weighted by atomic mass is 16.5. The Balaban J connectivity index is 2.70. The lowest BCUT2D eigenvalue weighted by Gasteiger charge is -2.26. The van der Waals surface area contributed by atoms with Crippen LogP contribution < -0.4 is 0 Å². The second-order valence-electron chi connectivity index (χ2n) is 4.89. The van der Waals surface area contributed by atoms with Gasteiger partial charge in [-0.15, -0.1) is 6.58 Å². The minimum atomic E-state index is 0.0255. The third-order valence-electron chi connectivity index (χ3n) is 2.71. The van der Waals surface area contributed by atoms with E-state index in [1.165, 1.54) is 0 Å². The molecule has 1 rings (SSSR count). The Kier molecular flexibility index (Phi) is 2.35. The summed E-state index contributed by atoms with van der Waals surface area (Å²) in [7, 11) is 0. The van der Waals surface area contributed by atoms with Crippen molar-refractivity contribution in [1.82, 2.24) is 0 Å². The maximum absolute atomic E-state index is 5.95. The molecule has 0 aliphatic carbocycles. The van der Waals surface area contributed by atoms with Crippen molar-refractivity contribution in [1.29, 1.82) is 0 Å². The number of rotatable bonds is 2. The van der Waals surface area contributed by atoms with Crippen LogP contribution in [-0.4, -0.2) is 11.2 Å². The summed E-state index contributed by atoms with van der Waals surface area (Å²) in [5.41, 5.74) is 0.0782. The molecule has 12 heavy (non-hydrogen) atoms. The summed E-state index contributed by atoms with van der Waals surface area (Å²) in [6, 6.07) is 0. The van der Waals surface area contributed by atoms with Crippen molar-refractivity contribution in [2.24, 2.45) is 5.92 Å². The largest absolute Gasteiger partial charge is 0.369 e. The van der Waals surface area contributed by atoms with Crippen molar-refractivity contribution < 1.29 is 4.74 Å². The molecule has 0 bridgehead atoms. The van der Waals surface area contributed by atoms with E-state index in [-0.39, 0.29) is 11.2 Å². The fourth-order valence-electron chi connectivity index (χ4n) is 2.24. The Morgan fingerprint density at radius 2 is 2.00 bits per heavy atom. The zero-order valence-corrected chi connectivity index (χ0v) is 8.68. The first kappa shape index (κ1) is 9.79. The number of hydrogen-bond donors (Lipinski definition) is 0. The van der Waals surface area contributed by atoms with Crippen LogP contribution in [0.15, 0.2) is 12.7 Å². The summed E-state index contributed by atoms with van der Waals surface area (Å²) in [4.78, 5) is 0. The van der Waals surface area contributed by atoms with Gasteiger partial charge in [-0.05, 0) is 46.5 Å². The van der Waals surface area contributed by atoms with Gasteiger partial charge >= 0.3 is 0 Å². The van der Waals surface area contributed by atoms with Crippen LogP contribution in [0.25, 0.3) is 0 Å². The fourth-order valence-corrected chi connectivity index (χ4v) is 2.24. The van der Waals surface area contributed by atoms with E-state index in [9.17, 15) is 0 Å². The lowest BCUT2D eigenvalue weighted by molar-refractivity contribution is -0.0742. The van der Waals surface area contributed by atoms with Gasteiger partial charge in [0.25, 0.3) is 0 Å². The molecule has 1 heteroatoms. The molecule has 0 saturated carbocycles. The maximum Gasteiger partial charge on any atom is 0.0665 e. The Morgan fingerprint density at radius 3 is 2.33 bits per heavy atom. The predicted molar refractivity (Wildman–Crippen MR) is 52.2 cm³/mol. The number of ether oxygens (including phenoxy) is 1. The van der Waals surface area contributed by atoms with Crippen molar-refractivity contribution in [3.63, 3.8) is 0 Å². The molecule has 1 aliphatic heterocycles. The van der Waals surface area contributed by atoms with E-state index in [0.29, 0.717) is 5.92 Å². The number of allylic oxidation sites excluding steroid dienone is 1. The van der Waals surface area contributed by atoms with E-state index >= 15 is 0 Å². The standard InChI is InChI=1S/C11H20O/c1-6-7-9-8-10(2,3)12-11(9,4)5/h6,9H,1,7-8H2,2-5H3. The zero-order chi connectivity index (χ0) is 9.41. The third kappa shape index (κ3) is 1.89. The van der Waals surface area contributed by atoms with Crippen molar-refractivity contribution in [3.05, 3.63) is 12.7 Å². The van der Waals surface area contributed by atoms with Gasteiger partial charge in [0.05, 0.1) is 11.2 Å². The molecule has 1 fully saturated rings. The van der Waals surface area contributed by atoms with E-state index in [1.54, 1.807) is 0 Å². The normalized spacial score (nSPS) is 31.8. The highest BCUT2D eigenvalue weighted by molar-refractivity contribution is 4.96. The van der Waals surface area contributed by atoms with Crippen LogP contribution in [0.1, 0.15) is 40.5 Å². The predicted octanol–water partition coefficient (Wildman–Crippen LogP) is 3.16. The van der Waals surface area contributed by atoms with E-state index in [1.807, 2.05) is 6.08 Å². The zero-order valence-electron chi connectivity index (χ0n) is 8.68. The minimum Gasteiger partial charge on any atom is -0.369 e. The topological polar surface area (TPSA) is 9.23 Å². The van der Waals surface area contributed by atoms with Crippen LogP contribution >= 0.6 is 0 Å². The van der Waals surface area contributed by atoms with Gasteiger partial charge in [-0.2, -0.15) is 0 Å². The van der Waals surface area contributed by atoms with Crippen molar-refractivity contribution in [3.8, 4) is 0 Å². The molecule has 1 nitrogen and oxygen atoms in total. The highest BCUT2D eigenvalue weighted by Crippen LogP contribution is 2.43. The first-order valence-electron chi connectivity index (χ1n) is 4.68. The van der Waals surface area contributed by atoms with Crippen LogP contribution in [0.2, 0.25) is 0 Å². The molecular formula is C11H20O. The van der Waals surface area contributed by atoms with Gasteiger partial charge in [-0.1, -0.05) is 6.08 Å². The van der Waals surface area contributed by atoms with Gasteiger partial charge in [0, 0.05) is 0 Å². The lowest BCUT2D eigenvalue weighted by atomic mass is 9.85. The second-order valence-corrected chi connectivity index (χ2v) is 4.89. The van der Waals surface area contributed by atoms with Crippen LogP contribution in [-0.2, 0) is 4.74 Å². The van der Waals surface area contributed by atoms with Gasteiger partial charge in [0.1, 0.15) is 0 Å². The molecule has 0 N–H and O–H groups in total. The van der Waals surface area contributed by atoms with Crippen LogP contribution in [0, 0.1) is 5.92 Å². The molecule has 0 spiro atoms. The van der Waals surface area contributed by atoms with Gasteiger partial charge in [0.2, 0.25) is 0 Å². The summed E-state index contributed by atoms with van der Waals surface area (Å²) >= 11 is 0. The molecule has 0 radical (unpaired) electrons. The number of hydrogen-bond acceptors (Lipinski definition) is 1. The third-order valence-corrected chi connectivity index (χ3v) is 2.71. The SMILES string of the molecule is C=CCC1CC(C)(C)OC1(C)C. The summed E-state index contributed by atoms with van der Waals surface area (Å²) in [5.74, 6) is 0.630. The van der Waals surface area contributed by atoms with E-state index in [0.717, 1.165) is 12.8 Å². The molecule has 1 heterocycles. The van der Waals surface area contributed by atoms with Crippen molar-refractivity contribution >= 4 is 0 Å². The monoisotopic (exact) mass is 168 g/mol. The molecule has 1 aliphatic rings.